The van der Waals surface area contributed by atoms with E-state index in [4.69, 9.17) is 21.1 Å². The predicted molar refractivity (Wildman–Crippen MR) is 192 cm³/mol. The molecule has 0 radical (unpaired) electrons. The monoisotopic (exact) mass is 735 g/mol. The number of hydrogen-bond acceptors (Lipinski definition) is 13. The minimum atomic E-state index is -4.70. The summed E-state index contributed by atoms with van der Waals surface area (Å²) in [7, 11) is -1.63. The van der Waals surface area contributed by atoms with Crippen molar-refractivity contribution in [1.82, 2.24) is 4.98 Å². The summed E-state index contributed by atoms with van der Waals surface area (Å²) < 4.78 is 46.0. The van der Waals surface area contributed by atoms with Crippen LogP contribution in [0, 0.1) is 10.1 Å². The molecule has 14 nitrogen and oxygen atoms in total. The van der Waals surface area contributed by atoms with E-state index in [1.807, 2.05) is 19.9 Å². The summed E-state index contributed by atoms with van der Waals surface area (Å²) in [6.45, 7) is 5.55. The molecule has 0 amide bonds. The second-order valence-corrected chi connectivity index (χ2v) is 13.1. The van der Waals surface area contributed by atoms with Crippen LogP contribution in [0.5, 0.6) is 11.5 Å². The fraction of sp³-hybridized carbons (Fsp3) is 0.182. The van der Waals surface area contributed by atoms with Crippen LogP contribution in [-0.2, 0) is 10.1 Å². The number of nitro benzene ring substituents is 1. The largest absolute Gasteiger partial charge is 0.494 e. The third-order valence-corrected chi connectivity index (χ3v) is 9.47. The van der Waals surface area contributed by atoms with Gasteiger partial charge in [0.1, 0.15) is 27.8 Å². The molecule has 5 aromatic rings. The first-order valence-corrected chi connectivity index (χ1v) is 17.6. The third kappa shape index (κ3) is 7.94. The molecule has 0 aliphatic rings. The Kier molecular flexibility index (Phi) is 11.2. The van der Waals surface area contributed by atoms with Gasteiger partial charge in [0.2, 0.25) is 5.13 Å². The molecule has 0 fully saturated rings. The van der Waals surface area contributed by atoms with Crippen LogP contribution in [0.2, 0.25) is 5.02 Å². The first-order chi connectivity index (χ1) is 24.0. The van der Waals surface area contributed by atoms with E-state index in [1.54, 1.807) is 43.5 Å². The minimum absolute atomic E-state index is 0.0834. The van der Waals surface area contributed by atoms with Crippen LogP contribution in [-0.4, -0.2) is 50.2 Å². The number of ether oxygens (including phenoxy) is 2. The highest BCUT2D eigenvalue weighted by atomic mass is 35.5. The number of thiazole rings is 1. The van der Waals surface area contributed by atoms with Crippen LogP contribution in [0.1, 0.15) is 13.8 Å². The Morgan fingerprint density at radius 2 is 1.64 bits per heavy atom. The average molecular weight is 736 g/mol. The fourth-order valence-electron chi connectivity index (χ4n) is 5.01. The summed E-state index contributed by atoms with van der Waals surface area (Å²) in [5.41, 5.74) is 2.27. The molecule has 0 atom stereocenters. The van der Waals surface area contributed by atoms with Gasteiger partial charge in [-0.2, -0.15) is 8.42 Å². The van der Waals surface area contributed by atoms with Crippen molar-refractivity contribution in [3.05, 3.63) is 94.0 Å². The van der Waals surface area contributed by atoms with Gasteiger partial charge in [-0.1, -0.05) is 59.3 Å². The molecule has 0 saturated carbocycles. The van der Waals surface area contributed by atoms with Crippen molar-refractivity contribution in [3.8, 4) is 33.9 Å². The van der Waals surface area contributed by atoms with Crippen molar-refractivity contribution in [3.63, 3.8) is 0 Å². The summed E-state index contributed by atoms with van der Waals surface area (Å²) in [5.74, 6) is 1.01. The first-order valence-electron chi connectivity index (χ1n) is 14.9. The molecular weight excluding hydrogens is 706 g/mol. The zero-order valence-corrected chi connectivity index (χ0v) is 29.5. The molecule has 17 heteroatoms. The molecule has 258 valence electrons. The summed E-state index contributed by atoms with van der Waals surface area (Å²) in [6.07, 6.45) is 0. The Balaban J connectivity index is 1.58. The number of benzene rings is 4. The maximum Gasteiger partial charge on any atom is 0.295 e. The molecule has 1 heterocycles. The smallest absolute Gasteiger partial charge is 0.295 e. The van der Waals surface area contributed by atoms with Crippen LogP contribution < -0.4 is 14.4 Å². The van der Waals surface area contributed by atoms with E-state index < -0.39 is 19.9 Å². The van der Waals surface area contributed by atoms with Gasteiger partial charge in [-0.3, -0.25) is 14.7 Å². The van der Waals surface area contributed by atoms with E-state index in [0.717, 1.165) is 36.2 Å². The Labute approximate surface area is 296 Å². The zero-order valence-electron chi connectivity index (χ0n) is 27.1. The minimum Gasteiger partial charge on any atom is -0.494 e. The molecule has 0 unspecified atom stereocenters. The molecule has 1 aromatic heterocycles. The second kappa shape index (κ2) is 15.5. The number of rotatable bonds is 13. The molecule has 0 spiro atoms. The van der Waals surface area contributed by atoms with Crippen molar-refractivity contribution in [2.45, 2.75) is 18.7 Å². The number of nitrogens with zero attached hydrogens (tertiary/aromatic N) is 7. The molecule has 4 aromatic carbocycles. The number of nitro groups is 1. The second-order valence-electron chi connectivity index (χ2n) is 10.4. The van der Waals surface area contributed by atoms with Crippen molar-refractivity contribution in [2.75, 3.05) is 32.2 Å². The van der Waals surface area contributed by atoms with Crippen LogP contribution in [0.3, 0.4) is 0 Å². The van der Waals surface area contributed by atoms with Crippen molar-refractivity contribution in [2.24, 2.45) is 20.5 Å². The number of non-ortho nitro benzene ring substituents is 1. The Hall–Kier alpha value is -5.29. The number of halogens is 1. The van der Waals surface area contributed by atoms with E-state index in [1.165, 1.54) is 37.4 Å². The molecule has 0 saturated heterocycles. The summed E-state index contributed by atoms with van der Waals surface area (Å²) in [5, 5.41) is 29.4. The van der Waals surface area contributed by atoms with Crippen LogP contribution in [0.4, 0.5) is 32.9 Å². The van der Waals surface area contributed by atoms with Crippen LogP contribution in [0.15, 0.2) is 104 Å². The quantitative estimate of drug-likeness (QED) is 0.0532. The van der Waals surface area contributed by atoms with Gasteiger partial charge in [-0.15, -0.1) is 20.5 Å². The predicted octanol–water partition coefficient (Wildman–Crippen LogP) is 9.98. The normalized spacial score (nSPS) is 11.7. The van der Waals surface area contributed by atoms with Crippen molar-refractivity contribution >= 4 is 65.9 Å². The maximum atomic E-state index is 12.4. The summed E-state index contributed by atoms with van der Waals surface area (Å²) in [4.78, 5) is 17.2. The lowest BCUT2D eigenvalue weighted by atomic mass is 10.1. The Morgan fingerprint density at radius 3 is 2.30 bits per heavy atom. The van der Waals surface area contributed by atoms with Gasteiger partial charge in [-0.25, -0.2) is 4.98 Å². The van der Waals surface area contributed by atoms with E-state index in [9.17, 15) is 23.1 Å². The van der Waals surface area contributed by atoms with Crippen molar-refractivity contribution < 1.29 is 27.4 Å². The number of anilines is 1. The summed E-state index contributed by atoms with van der Waals surface area (Å²) >= 11 is 7.29. The third-order valence-electron chi connectivity index (χ3n) is 7.42. The molecule has 0 aliphatic carbocycles. The molecule has 5 rings (SSSR count). The lowest BCUT2D eigenvalue weighted by molar-refractivity contribution is -0.384. The maximum absolute atomic E-state index is 12.4. The fourth-order valence-corrected chi connectivity index (χ4v) is 6.71. The Morgan fingerprint density at radius 1 is 0.900 bits per heavy atom. The van der Waals surface area contributed by atoms with Gasteiger partial charge in [-0.05, 0) is 32.0 Å². The van der Waals surface area contributed by atoms with E-state index in [0.29, 0.717) is 28.3 Å². The summed E-state index contributed by atoms with van der Waals surface area (Å²) in [6, 6.07) is 20.0. The van der Waals surface area contributed by atoms with E-state index in [-0.39, 0.29) is 37.8 Å². The van der Waals surface area contributed by atoms with Gasteiger partial charge in [0.05, 0.1) is 30.5 Å². The molecular formula is C33H30ClN7O7S2. The standard InChI is InChI=1S/C33H30ClN7O7S2/c1-5-40(6-2)27-19-28(47-3)26(18-29(27)48-4)37-39-33-35-31(20-10-9-11-22(16-20)41(42)43)32(49-33)38-36-21-14-15-24(30(17-21)50(44,45)46)23-12-7-8-13-25(23)34/h7-19H,5-6H2,1-4H3,(H,44,45,46). The molecule has 50 heavy (non-hydrogen) atoms. The first kappa shape index (κ1) is 36.0. The number of hydrogen-bond donors (Lipinski definition) is 1. The molecule has 0 aliphatic heterocycles. The SMILES string of the molecule is CCN(CC)c1cc(OC)c(N=Nc2nc(-c3cccc([N+](=O)[O-])c3)c(N=Nc3ccc(-c4ccccc4Cl)c(S(=O)(=O)O)c3)s2)cc1OC. The van der Waals surface area contributed by atoms with Gasteiger partial charge in [0.15, 0.2) is 5.00 Å². The zero-order chi connectivity index (χ0) is 36.0. The van der Waals surface area contributed by atoms with Gasteiger partial charge >= 0.3 is 0 Å². The molecule has 0 bridgehead atoms. The highest BCUT2D eigenvalue weighted by molar-refractivity contribution is 7.86. The average Bonchev–Trinajstić information content (AvgIpc) is 3.53. The lowest BCUT2D eigenvalue weighted by Crippen LogP contribution is -2.22. The highest BCUT2D eigenvalue weighted by Gasteiger charge is 2.21. The highest BCUT2D eigenvalue weighted by Crippen LogP contribution is 2.44. The number of aromatic nitrogens is 1. The van der Waals surface area contributed by atoms with Gasteiger partial charge in [0.25, 0.3) is 15.8 Å². The van der Waals surface area contributed by atoms with E-state index >= 15 is 0 Å². The van der Waals surface area contributed by atoms with Crippen LogP contribution >= 0.6 is 22.9 Å². The lowest BCUT2D eigenvalue weighted by Gasteiger charge is -2.24. The molecule has 1 N–H and O–H groups in total. The number of methoxy groups -OCH3 is 2. The van der Waals surface area contributed by atoms with E-state index in [2.05, 4.69) is 30.3 Å². The van der Waals surface area contributed by atoms with Gasteiger partial charge in [0, 0.05) is 59.1 Å². The Bertz CT molecular complexity index is 2220. The van der Waals surface area contributed by atoms with Gasteiger partial charge < -0.3 is 14.4 Å². The van der Waals surface area contributed by atoms with Crippen LogP contribution in [0.25, 0.3) is 22.4 Å². The topological polar surface area (TPSA) is 182 Å². The van der Waals surface area contributed by atoms with Crippen molar-refractivity contribution in [1.29, 1.82) is 0 Å². The number of azo groups is 2.